The Hall–Kier alpha value is -0.670. The molecule has 0 amide bonds. The molecular weight excluding hydrogens is 293 g/mol. The fourth-order valence-corrected chi connectivity index (χ4v) is 2.36. The van der Waals surface area contributed by atoms with E-state index in [1.165, 1.54) is 0 Å². The first-order chi connectivity index (χ1) is 8.63. The van der Waals surface area contributed by atoms with E-state index in [1.807, 2.05) is 25.1 Å². The zero-order chi connectivity index (χ0) is 13.1. The highest BCUT2D eigenvalue weighted by molar-refractivity contribution is 6.42. The molecule has 18 heavy (non-hydrogen) atoms. The number of benzene rings is 1. The van der Waals surface area contributed by atoms with Gasteiger partial charge in [0.2, 0.25) is 0 Å². The lowest BCUT2D eigenvalue weighted by Crippen LogP contribution is -2.21. The molecule has 1 N–H and O–H groups in total. The fourth-order valence-electron chi connectivity index (χ4n) is 1.79. The number of hydrogen-bond donors (Lipinski definition) is 1. The molecule has 2 aromatic rings. The predicted octanol–water partition coefficient (Wildman–Crippen LogP) is 4.94. The number of rotatable bonds is 4. The lowest BCUT2D eigenvalue weighted by molar-refractivity contribution is 0.453. The highest BCUT2D eigenvalue weighted by atomic mass is 35.5. The second kappa shape index (κ2) is 5.98. The third-order valence-corrected chi connectivity index (χ3v) is 3.62. The normalized spacial score (nSPS) is 12.7. The molecule has 96 valence electrons. The van der Waals surface area contributed by atoms with Crippen LogP contribution in [0.5, 0.6) is 0 Å². The van der Waals surface area contributed by atoms with Crippen molar-refractivity contribution in [1.29, 1.82) is 0 Å². The van der Waals surface area contributed by atoms with Crippen molar-refractivity contribution in [3.63, 3.8) is 0 Å². The maximum absolute atomic E-state index is 6.23. The molecule has 0 aliphatic carbocycles. The van der Waals surface area contributed by atoms with E-state index in [4.69, 9.17) is 39.2 Å². The number of halogens is 3. The summed E-state index contributed by atoms with van der Waals surface area (Å²) in [6.45, 7) is 2.78. The smallest absolute Gasteiger partial charge is 0.193 e. The largest absolute Gasteiger partial charge is 0.448 e. The zero-order valence-corrected chi connectivity index (χ0v) is 12.0. The summed E-state index contributed by atoms with van der Waals surface area (Å²) < 4.78 is 5.45. The highest BCUT2D eigenvalue weighted by Gasteiger charge is 2.20. The van der Waals surface area contributed by atoms with Gasteiger partial charge in [-0.05, 0) is 41.9 Å². The van der Waals surface area contributed by atoms with Crippen molar-refractivity contribution in [2.24, 2.45) is 0 Å². The van der Waals surface area contributed by atoms with Crippen molar-refractivity contribution in [3.8, 4) is 0 Å². The van der Waals surface area contributed by atoms with E-state index in [1.54, 1.807) is 12.1 Å². The standard InChI is InChI=1S/C13H12Cl3NO/c1-2-17-13(10-6-7-11(15)18-10)8-4-3-5-9(14)12(8)16/h3-7,13,17H,2H2,1H3. The summed E-state index contributed by atoms with van der Waals surface area (Å²) in [5.74, 6) is 0.714. The molecule has 0 spiro atoms. The van der Waals surface area contributed by atoms with Gasteiger partial charge in [0.15, 0.2) is 5.22 Å². The summed E-state index contributed by atoms with van der Waals surface area (Å²) in [6, 6.07) is 8.91. The van der Waals surface area contributed by atoms with Crippen LogP contribution >= 0.6 is 34.8 Å². The van der Waals surface area contributed by atoms with Gasteiger partial charge in [-0.3, -0.25) is 0 Å². The highest BCUT2D eigenvalue weighted by Crippen LogP contribution is 2.34. The van der Waals surface area contributed by atoms with Crippen LogP contribution in [0.2, 0.25) is 15.3 Å². The first-order valence-corrected chi connectivity index (χ1v) is 6.69. The summed E-state index contributed by atoms with van der Waals surface area (Å²) in [5.41, 5.74) is 0.872. The van der Waals surface area contributed by atoms with Crippen LogP contribution in [0.1, 0.15) is 24.3 Å². The molecule has 2 nitrogen and oxygen atoms in total. The van der Waals surface area contributed by atoms with Crippen LogP contribution in [-0.4, -0.2) is 6.54 Å². The molecule has 5 heteroatoms. The average Bonchev–Trinajstić information content (AvgIpc) is 2.77. The van der Waals surface area contributed by atoms with E-state index in [2.05, 4.69) is 5.32 Å². The van der Waals surface area contributed by atoms with Gasteiger partial charge >= 0.3 is 0 Å². The quantitative estimate of drug-likeness (QED) is 0.865. The van der Waals surface area contributed by atoms with Gasteiger partial charge in [0.05, 0.1) is 16.1 Å². The lowest BCUT2D eigenvalue weighted by Gasteiger charge is -2.17. The lowest BCUT2D eigenvalue weighted by atomic mass is 10.0. The van der Waals surface area contributed by atoms with Crippen molar-refractivity contribution in [1.82, 2.24) is 5.32 Å². The first kappa shape index (κ1) is 13.8. The van der Waals surface area contributed by atoms with Gasteiger partial charge in [-0.15, -0.1) is 0 Å². The van der Waals surface area contributed by atoms with Crippen LogP contribution in [0.25, 0.3) is 0 Å². The molecule has 0 saturated carbocycles. The van der Waals surface area contributed by atoms with E-state index in [9.17, 15) is 0 Å². The second-order valence-electron chi connectivity index (χ2n) is 3.78. The first-order valence-electron chi connectivity index (χ1n) is 5.56. The maximum Gasteiger partial charge on any atom is 0.193 e. The van der Waals surface area contributed by atoms with Crippen molar-refractivity contribution in [3.05, 3.63) is 56.9 Å². The van der Waals surface area contributed by atoms with E-state index in [0.717, 1.165) is 12.1 Å². The van der Waals surface area contributed by atoms with Gasteiger partial charge in [0.1, 0.15) is 5.76 Å². The van der Waals surface area contributed by atoms with Crippen LogP contribution in [0, 0.1) is 0 Å². The van der Waals surface area contributed by atoms with Gasteiger partial charge in [-0.1, -0.05) is 42.3 Å². The fraction of sp³-hybridized carbons (Fsp3) is 0.231. The van der Waals surface area contributed by atoms with Gasteiger partial charge in [-0.2, -0.15) is 0 Å². The molecule has 0 fully saturated rings. The Morgan fingerprint density at radius 1 is 1.17 bits per heavy atom. The molecule has 0 aliphatic rings. The van der Waals surface area contributed by atoms with Crippen LogP contribution < -0.4 is 5.32 Å². The number of hydrogen-bond acceptors (Lipinski definition) is 2. The van der Waals surface area contributed by atoms with E-state index >= 15 is 0 Å². The minimum atomic E-state index is -0.159. The SMILES string of the molecule is CCNC(c1ccc(Cl)o1)c1cccc(Cl)c1Cl. The topological polar surface area (TPSA) is 25.2 Å². The minimum absolute atomic E-state index is 0.159. The molecule has 0 aliphatic heterocycles. The van der Waals surface area contributed by atoms with E-state index in [-0.39, 0.29) is 6.04 Å². The molecule has 1 aromatic heterocycles. The second-order valence-corrected chi connectivity index (χ2v) is 4.93. The van der Waals surface area contributed by atoms with Crippen molar-refractivity contribution < 1.29 is 4.42 Å². The molecular formula is C13H12Cl3NO. The third kappa shape index (κ3) is 2.83. The summed E-state index contributed by atoms with van der Waals surface area (Å²) in [4.78, 5) is 0. The van der Waals surface area contributed by atoms with Gasteiger partial charge in [0.25, 0.3) is 0 Å². The monoisotopic (exact) mass is 303 g/mol. The molecule has 1 aromatic carbocycles. The third-order valence-electron chi connectivity index (χ3n) is 2.58. The average molecular weight is 305 g/mol. The Kier molecular flexibility index (Phi) is 4.57. The van der Waals surface area contributed by atoms with Gasteiger partial charge in [0, 0.05) is 0 Å². The Balaban J connectivity index is 2.44. The zero-order valence-electron chi connectivity index (χ0n) is 9.71. The molecule has 1 unspecified atom stereocenters. The molecule has 1 heterocycles. The van der Waals surface area contributed by atoms with Crippen LogP contribution in [-0.2, 0) is 0 Å². The van der Waals surface area contributed by atoms with Crippen LogP contribution in [0.3, 0.4) is 0 Å². The number of furan rings is 1. The number of nitrogens with one attached hydrogen (secondary N) is 1. The van der Waals surface area contributed by atoms with Crippen LogP contribution in [0.4, 0.5) is 0 Å². The van der Waals surface area contributed by atoms with Gasteiger partial charge < -0.3 is 9.73 Å². The Bertz CT molecular complexity index is 539. The maximum atomic E-state index is 6.23. The van der Waals surface area contributed by atoms with Crippen molar-refractivity contribution in [2.75, 3.05) is 6.54 Å². The Labute approximate surface area is 121 Å². The van der Waals surface area contributed by atoms with Crippen molar-refractivity contribution in [2.45, 2.75) is 13.0 Å². The molecule has 2 rings (SSSR count). The van der Waals surface area contributed by atoms with Crippen molar-refractivity contribution >= 4 is 34.8 Å². The van der Waals surface area contributed by atoms with E-state index < -0.39 is 0 Å². The predicted molar refractivity (Wildman–Crippen MR) is 75.7 cm³/mol. The minimum Gasteiger partial charge on any atom is -0.448 e. The summed E-state index contributed by atoms with van der Waals surface area (Å²) in [6.07, 6.45) is 0. The Morgan fingerprint density at radius 2 is 1.94 bits per heavy atom. The molecule has 0 radical (unpaired) electrons. The summed E-state index contributed by atoms with van der Waals surface area (Å²) >= 11 is 18.1. The van der Waals surface area contributed by atoms with E-state index in [0.29, 0.717) is 21.0 Å². The van der Waals surface area contributed by atoms with Crippen LogP contribution in [0.15, 0.2) is 34.7 Å². The Morgan fingerprint density at radius 3 is 2.56 bits per heavy atom. The summed E-state index contributed by atoms with van der Waals surface area (Å²) in [7, 11) is 0. The molecule has 0 saturated heterocycles. The molecule has 1 atom stereocenters. The van der Waals surface area contributed by atoms with Gasteiger partial charge in [-0.25, -0.2) is 0 Å². The molecule has 0 bridgehead atoms. The summed E-state index contributed by atoms with van der Waals surface area (Å²) in [5, 5.41) is 4.70.